The zero-order chi connectivity index (χ0) is 19.4. The van der Waals surface area contributed by atoms with Crippen LogP contribution in [0.25, 0.3) is 0 Å². The first-order chi connectivity index (χ1) is 13.0. The molecular weight excluding hydrogens is 372 g/mol. The number of carboxylic acid groups (broad SMARTS) is 1. The van der Waals surface area contributed by atoms with Gasteiger partial charge in [-0.05, 0) is 36.8 Å². The quantitative estimate of drug-likeness (QED) is 0.716. The molecule has 1 aliphatic heterocycles. The van der Waals surface area contributed by atoms with Gasteiger partial charge in [-0.2, -0.15) is 0 Å². The SMILES string of the molecule is CCCN(c1ccc(C(=O)OC)cn1)S1(c2cccc(C(=O)O)c2)OCO1. The van der Waals surface area contributed by atoms with E-state index in [4.69, 9.17) is 13.1 Å². The monoisotopic (exact) mass is 392 g/mol. The number of hydrogen-bond donors (Lipinski definition) is 1. The van der Waals surface area contributed by atoms with Crippen LogP contribution in [-0.2, 0) is 13.1 Å². The number of esters is 1. The average molecular weight is 392 g/mol. The van der Waals surface area contributed by atoms with Gasteiger partial charge >= 0.3 is 11.9 Å². The molecule has 0 amide bonds. The van der Waals surface area contributed by atoms with E-state index in [1.165, 1.54) is 19.4 Å². The first-order valence-electron chi connectivity index (χ1n) is 8.29. The lowest BCUT2D eigenvalue weighted by Gasteiger charge is -2.56. The highest BCUT2D eigenvalue weighted by Crippen LogP contribution is 2.67. The van der Waals surface area contributed by atoms with Crippen LogP contribution in [0.15, 0.2) is 47.5 Å². The van der Waals surface area contributed by atoms with E-state index in [2.05, 4.69) is 4.98 Å². The third kappa shape index (κ3) is 3.61. The summed E-state index contributed by atoms with van der Waals surface area (Å²) in [7, 11) is -1.02. The second-order valence-electron chi connectivity index (χ2n) is 5.66. The number of pyridine rings is 1. The van der Waals surface area contributed by atoms with Crippen molar-refractivity contribution in [2.75, 3.05) is 24.8 Å². The number of hydrogen-bond acceptors (Lipinski definition) is 7. The Kier molecular flexibility index (Phi) is 5.64. The van der Waals surface area contributed by atoms with Gasteiger partial charge in [-0.15, -0.1) is 0 Å². The van der Waals surface area contributed by atoms with Crippen LogP contribution in [0.4, 0.5) is 5.82 Å². The lowest BCUT2D eigenvalue weighted by molar-refractivity contribution is 0.0449. The van der Waals surface area contributed by atoms with E-state index >= 15 is 0 Å². The Morgan fingerprint density at radius 3 is 2.56 bits per heavy atom. The van der Waals surface area contributed by atoms with Crippen molar-refractivity contribution >= 4 is 28.5 Å². The summed E-state index contributed by atoms with van der Waals surface area (Å²) in [6.45, 7) is 2.71. The van der Waals surface area contributed by atoms with Crippen molar-refractivity contribution in [3.05, 3.63) is 53.7 Å². The third-order valence-electron chi connectivity index (χ3n) is 3.94. The molecule has 3 rings (SSSR count). The molecule has 1 aromatic heterocycles. The van der Waals surface area contributed by atoms with E-state index in [1.54, 1.807) is 30.3 Å². The Balaban J connectivity index is 2.00. The summed E-state index contributed by atoms with van der Waals surface area (Å²) in [4.78, 5) is 28.0. The fourth-order valence-corrected chi connectivity index (χ4v) is 5.02. The second-order valence-corrected chi connectivity index (χ2v) is 7.99. The molecule has 9 heteroatoms. The van der Waals surface area contributed by atoms with Crippen molar-refractivity contribution < 1.29 is 27.8 Å². The molecule has 0 unspecified atom stereocenters. The van der Waals surface area contributed by atoms with Gasteiger partial charge in [0.05, 0.1) is 23.1 Å². The van der Waals surface area contributed by atoms with Crippen LogP contribution in [-0.4, -0.2) is 42.5 Å². The number of nitrogens with zero attached hydrogens (tertiary/aromatic N) is 2. The maximum atomic E-state index is 11.6. The molecule has 144 valence electrons. The Morgan fingerprint density at radius 2 is 2.04 bits per heavy atom. The largest absolute Gasteiger partial charge is 0.478 e. The molecule has 0 aliphatic carbocycles. The summed E-state index contributed by atoms with van der Waals surface area (Å²) in [6, 6.07) is 9.84. The minimum absolute atomic E-state index is 0.118. The van der Waals surface area contributed by atoms with E-state index in [1.807, 2.05) is 11.2 Å². The van der Waals surface area contributed by atoms with E-state index in [0.29, 0.717) is 22.8 Å². The lowest BCUT2D eigenvalue weighted by atomic mass is 10.2. The lowest BCUT2D eigenvalue weighted by Crippen LogP contribution is -2.39. The Hall–Kier alpha value is -2.62. The molecule has 2 aromatic rings. The number of aromatic carboxylic acids is 1. The number of rotatable bonds is 7. The number of carbonyl (C=O) groups excluding carboxylic acids is 1. The summed E-state index contributed by atoms with van der Waals surface area (Å²) in [5, 5.41) is 9.29. The minimum atomic E-state index is -2.33. The van der Waals surface area contributed by atoms with E-state index in [0.717, 1.165) is 6.42 Å². The van der Waals surface area contributed by atoms with Crippen LogP contribution in [0.5, 0.6) is 0 Å². The molecule has 1 aromatic carbocycles. The summed E-state index contributed by atoms with van der Waals surface area (Å²) >= 11 is 0. The molecule has 27 heavy (non-hydrogen) atoms. The van der Waals surface area contributed by atoms with Crippen molar-refractivity contribution in [2.45, 2.75) is 18.2 Å². The molecule has 1 N–H and O–H groups in total. The summed E-state index contributed by atoms with van der Waals surface area (Å²) in [5.74, 6) is -0.920. The van der Waals surface area contributed by atoms with Crippen LogP contribution in [0.1, 0.15) is 34.1 Å². The van der Waals surface area contributed by atoms with Crippen LogP contribution >= 0.6 is 10.8 Å². The summed E-state index contributed by atoms with van der Waals surface area (Å²) in [6.07, 6.45) is 2.23. The van der Waals surface area contributed by atoms with Gasteiger partial charge in [0.25, 0.3) is 0 Å². The minimum Gasteiger partial charge on any atom is -0.478 e. The topological polar surface area (TPSA) is 98.2 Å². The fraction of sp³-hybridized carbons (Fsp3) is 0.278. The number of carboxylic acids is 1. The van der Waals surface area contributed by atoms with Crippen LogP contribution < -0.4 is 4.31 Å². The maximum absolute atomic E-state index is 11.6. The first kappa shape index (κ1) is 19.2. The van der Waals surface area contributed by atoms with E-state index in [-0.39, 0.29) is 12.4 Å². The number of ether oxygens (including phenoxy) is 1. The summed E-state index contributed by atoms with van der Waals surface area (Å²) < 4.78 is 18.3. The number of benzene rings is 1. The zero-order valence-corrected chi connectivity index (χ0v) is 15.8. The van der Waals surface area contributed by atoms with Crippen LogP contribution in [0.3, 0.4) is 0 Å². The van der Waals surface area contributed by atoms with Gasteiger partial charge in [0.2, 0.25) is 0 Å². The van der Waals surface area contributed by atoms with Crippen molar-refractivity contribution in [3.63, 3.8) is 0 Å². The molecule has 2 heterocycles. The normalized spacial score (nSPS) is 16.1. The van der Waals surface area contributed by atoms with Gasteiger partial charge in [0, 0.05) is 12.7 Å². The predicted molar refractivity (Wildman–Crippen MR) is 99.5 cm³/mol. The Bertz CT molecular complexity index is 838. The molecule has 0 saturated carbocycles. The molecule has 1 saturated heterocycles. The fourth-order valence-electron chi connectivity index (χ4n) is 2.65. The van der Waals surface area contributed by atoms with Crippen molar-refractivity contribution in [2.24, 2.45) is 0 Å². The zero-order valence-electron chi connectivity index (χ0n) is 15.0. The average Bonchev–Trinajstić information content (AvgIpc) is 2.66. The summed E-state index contributed by atoms with van der Waals surface area (Å²) in [5.41, 5.74) is 0.494. The molecule has 0 spiro atoms. The standard InChI is InChI=1S/C18H20N2O6S/c1-3-9-20(16-8-7-14(11-19-16)18(23)24-2)27(25-12-26-27)15-6-4-5-13(10-15)17(21)22/h4-8,10-11H,3,9,12H2,1-2H3,(H,21,22). The molecular formula is C18H20N2O6S. The number of anilines is 1. The van der Waals surface area contributed by atoms with E-state index < -0.39 is 22.7 Å². The molecule has 0 atom stereocenters. The number of methoxy groups -OCH3 is 1. The van der Waals surface area contributed by atoms with Gasteiger partial charge in [0.1, 0.15) is 5.82 Å². The third-order valence-corrected chi connectivity index (χ3v) is 6.57. The Morgan fingerprint density at radius 1 is 1.26 bits per heavy atom. The van der Waals surface area contributed by atoms with Crippen molar-refractivity contribution in [3.8, 4) is 0 Å². The van der Waals surface area contributed by atoms with Gasteiger partial charge < -0.3 is 9.84 Å². The molecule has 1 fully saturated rings. The highest BCUT2D eigenvalue weighted by Gasteiger charge is 2.40. The molecule has 0 bridgehead atoms. The number of aromatic nitrogens is 1. The van der Waals surface area contributed by atoms with Crippen molar-refractivity contribution in [1.82, 2.24) is 4.98 Å². The van der Waals surface area contributed by atoms with Crippen LogP contribution in [0, 0.1) is 0 Å². The van der Waals surface area contributed by atoms with Gasteiger partial charge in [-0.25, -0.2) is 27.2 Å². The van der Waals surface area contributed by atoms with Gasteiger partial charge in [-0.1, -0.05) is 23.8 Å². The molecule has 8 nitrogen and oxygen atoms in total. The predicted octanol–water partition coefficient (Wildman–Crippen LogP) is 3.40. The smallest absolute Gasteiger partial charge is 0.339 e. The highest BCUT2D eigenvalue weighted by molar-refractivity contribution is 8.27. The van der Waals surface area contributed by atoms with Crippen LogP contribution in [0.2, 0.25) is 0 Å². The second kappa shape index (κ2) is 7.95. The Labute approximate surface area is 158 Å². The van der Waals surface area contributed by atoms with Gasteiger partial charge in [-0.3, -0.25) is 0 Å². The van der Waals surface area contributed by atoms with Crippen molar-refractivity contribution in [1.29, 1.82) is 0 Å². The van der Waals surface area contributed by atoms with Gasteiger partial charge in [0.15, 0.2) is 6.79 Å². The molecule has 0 radical (unpaired) electrons. The molecule has 1 aliphatic rings. The maximum Gasteiger partial charge on any atom is 0.339 e. The highest BCUT2D eigenvalue weighted by atomic mass is 32.3. The van der Waals surface area contributed by atoms with E-state index in [9.17, 15) is 14.7 Å². The first-order valence-corrected chi connectivity index (χ1v) is 9.73. The number of carbonyl (C=O) groups is 2.